The van der Waals surface area contributed by atoms with Crippen LogP contribution in [0.1, 0.15) is 35.5 Å². The molecule has 1 fully saturated rings. The molecule has 4 N–H and O–H groups in total. The molecule has 43 heavy (non-hydrogen) atoms. The molecule has 1 aliphatic rings. The van der Waals surface area contributed by atoms with Crippen LogP contribution in [-0.4, -0.2) is 68.9 Å². The Hall–Kier alpha value is -4.00. The molecule has 0 unspecified atom stereocenters. The quantitative estimate of drug-likeness (QED) is 0.206. The number of aliphatic hydroxyl groups excluding tert-OH is 3. The molecule has 0 amide bonds. The number of methoxy groups -OCH3 is 2. The summed E-state index contributed by atoms with van der Waals surface area (Å²) in [4.78, 5) is 0. The largest absolute Gasteiger partial charge is 0.496 e. The van der Waals surface area contributed by atoms with E-state index in [-0.39, 0.29) is 0 Å². The number of nitrogens with zero attached hydrogens (tertiary/aromatic N) is 3. The monoisotopic (exact) mass is 590 g/mol. The third-order valence-corrected chi connectivity index (χ3v) is 7.76. The van der Waals surface area contributed by atoms with Crippen LogP contribution in [0.3, 0.4) is 0 Å². The summed E-state index contributed by atoms with van der Waals surface area (Å²) in [6.45, 7) is 4.87. The Bertz CT molecular complexity index is 1490. The smallest absolute Gasteiger partial charge is 0.180 e. The van der Waals surface area contributed by atoms with Crippen molar-refractivity contribution < 1.29 is 34.3 Å². The zero-order valence-electron chi connectivity index (χ0n) is 24.7. The molecule has 2 heterocycles. The minimum atomic E-state index is -1.35. The first-order valence-corrected chi connectivity index (χ1v) is 14.1. The van der Waals surface area contributed by atoms with Crippen molar-refractivity contribution in [3.8, 4) is 28.4 Å². The van der Waals surface area contributed by atoms with Crippen LogP contribution in [0.2, 0.25) is 0 Å². The van der Waals surface area contributed by atoms with Crippen LogP contribution in [-0.2, 0) is 24.4 Å². The van der Waals surface area contributed by atoms with Crippen LogP contribution in [0.4, 0.5) is 0 Å². The van der Waals surface area contributed by atoms with E-state index in [2.05, 4.69) is 46.8 Å². The predicted molar refractivity (Wildman–Crippen MR) is 159 cm³/mol. The standard InChI is InChI=1S/C32H38N4O7/c1-19-22(11-8-12-25(19)21-9-6-5-7-10-21)18-42-24-13-27(40-3)26(28(14-24)41-4)16-33-15-23-17-36(35-34-23)32-31(39)30(38)29(37)20(2)43-32/h5-14,17,20,29-33,37-39H,15-16,18H2,1-4H3/t20-,29+,30+,31-,32-/m0/s1. The molecular formula is C32H38N4O7. The van der Waals surface area contributed by atoms with Gasteiger partial charge in [-0.15, -0.1) is 5.10 Å². The van der Waals surface area contributed by atoms with Gasteiger partial charge in [0, 0.05) is 25.2 Å². The summed E-state index contributed by atoms with van der Waals surface area (Å²) in [5.41, 5.74) is 5.99. The van der Waals surface area contributed by atoms with Gasteiger partial charge in [0.25, 0.3) is 0 Å². The number of aliphatic hydroxyl groups is 3. The van der Waals surface area contributed by atoms with E-state index in [9.17, 15) is 15.3 Å². The molecule has 1 aromatic heterocycles. The summed E-state index contributed by atoms with van der Waals surface area (Å²) < 4.78 is 24.6. The number of nitrogens with one attached hydrogen (secondary N) is 1. The highest BCUT2D eigenvalue weighted by atomic mass is 16.5. The van der Waals surface area contributed by atoms with Crippen molar-refractivity contribution in [3.05, 3.63) is 89.2 Å². The molecule has 0 saturated carbocycles. The van der Waals surface area contributed by atoms with E-state index in [1.165, 1.54) is 15.8 Å². The number of benzene rings is 3. The molecule has 0 radical (unpaired) electrons. The van der Waals surface area contributed by atoms with Crippen LogP contribution >= 0.6 is 0 Å². The second-order valence-electron chi connectivity index (χ2n) is 10.5. The summed E-state index contributed by atoms with van der Waals surface area (Å²) >= 11 is 0. The van der Waals surface area contributed by atoms with Gasteiger partial charge in [-0.2, -0.15) is 0 Å². The molecular weight excluding hydrogens is 552 g/mol. The number of ether oxygens (including phenoxy) is 4. The molecule has 1 saturated heterocycles. The second-order valence-corrected chi connectivity index (χ2v) is 10.5. The van der Waals surface area contributed by atoms with Gasteiger partial charge in [-0.25, -0.2) is 4.68 Å². The normalized spacial score (nSPS) is 21.9. The Morgan fingerprint density at radius 2 is 1.63 bits per heavy atom. The van der Waals surface area contributed by atoms with Gasteiger partial charge >= 0.3 is 0 Å². The van der Waals surface area contributed by atoms with Crippen molar-refractivity contribution in [2.75, 3.05) is 14.2 Å². The molecule has 11 nitrogen and oxygen atoms in total. The van der Waals surface area contributed by atoms with Crippen molar-refractivity contribution >= 4 is 0 Å². The highest BCUT2D eigenvalue weighted by Crippen LogP contribution is 2.35. The van der Waals surface area contributed by atoms with E-state index in [1.807, 2.05) is 36.4 Å². The lowest BCUT2D eigenvalue weighted by atomic mass is 9.97. The highest BCUT2D eigenvalue weighted by molar-refractivity contribution is 5.68. The molecule has 0 aliphatic carbocycles. The zero-order valence-corrected chi connectivity index (χ0v) is 24.7. The molecule has 3 aromatic carbocycles. The van der Waals surface area contributed by atoms with Gasteiger partial charge in [0.15, 0.2) is 6.23 Å². The van der Waals surface area contributed by atoms with Crippen molar-refractivity contribution in [2.24, 2.45) is 0 Å². The van der Waals surface area contributed by atoms with Gasteiger partial charge in [0.2, 0.25) is 0 Å². The van der Waals surface area contributed by atoms with Gasteiger partial charge < -0.3 is 39.6 Å². The number of hydrogen-bond acceptors (Lipinski definition) is 10. The van der Waals surface area contributed by atoms with E-state index in [0.717, 1.165) is 16.7 Å². The average molecular weight is 591 g/mol. The molecule has 4 aromatic rings. The van der Waals surface area contributed by atoms with Crippen LogP contribution in [0, 0.1) is 6.92 Å². The number of aromatic nitrogens is 3. The van der Waals surface area contributed by atoms with E-state index < -0.39 is 30.6 Å². The minimum Gasteiger partial charge on any atom is -0.496 e. The lowest BCUT2D eigenvalue weighted by Crippen LogP contribution is -2.54. The molecule has 1 aliphatic heterocycles. The average Bonchev–Trinajstić information content (AvgIpc) is 3.50. The second kappa shape index (κ2) is 13.5. The van der Waals surface area contributed by atoms with Gasteiger partial charge in [-0.05, 0) is 36.1 Å². The van der Waals surface area contributed by atoms with Gasteiger partial charge in [-0.1, -0.05) is 53.7 Å². The van der Waals surface area contributed by atoms with Crippen molar-refractivity contribution in [1.82, 2.24) is 20.3 Å². The Kier molecular flexibility index (Phi) is 9.59. The fraction of sp³-hybridized carbons (Fsp3) is 0.375. The lowest BCUT2D eigenvalue weighted by molar-refractivity contribution is -0.243. The third kappa shape index (κ3) is 6.66. The summed E-state index contributed by atoms with van der Waals surface area (Å²) in [5, 5.41) is 41.9. The van der Waals surface area contributed by atoms with Crippen LogP contribution < -0.4 is 19.5 Å². The Morgan fingerprint density at radius 1 is 0.907 bits per heavy atom. The first-order valence-electron chi connectivity index (χ1n) is 14.1. The SMILES string of the molecule is COc1cc(OCc2cccc(-c3ccccc3)c2C)cc(OC)c1CNCc1cn([C@H]2O[C@@H](C)[C@@H](O)[C@@H](O)[C@@H]2O)nn1. The molecule has 5 atom stereocenters. The topological polar surface area (TPSA) is 140 Å². The summed E-state index contributed by atoms with van der Waals surface area (Å²) in [7, 11) is 3.20. The van der Waals surface area contributed by atoms with E-state index in [0.29, 0.717) is 42.6 Å². The Balaban J connectivity index is 1.23. The maximum absolute atomic E-state index is 10.3. The van der Waals surface area contributed by atoms with Gasteiger partial charge in [0.1, 0.15) is 42.2 Å². The highest BCUT2D eigenvalue weighted by Gasteiger charge is 2.43. The predicted octanol–water partition coefficient (Wildman–Crippen LogP) is 3.14. The molecule has 5 rings (SSSR count). The molecule has 228 valence electrons. The lowest BCUT2D eigenvalue weighted by Gasteiger charge is -2.38. The van der Waals surface area contributed by atoms with Crippen molar-refractivity contribution in [1.29, 1.82) is 0 Å². The van der Waals surface area contributed by atoms with Crippen LogP contribution in [0.15, 0.2) is 66.9 Å². The molecule has 0 bridgehead atoms. The van der Waals surface area contributed by atoms with E-state index in [1.54, 1.807) is 27.3 Å². The first kappa shape index (κ1) is 30.5. The fourth-order valence-corrected chi connectivity index (χ4v) is 5.23. The molecule has 11 heteroatoms. The summed E-state index contributed by atoms with van der Waals surface area (Å²) in [5.74, 6) is 1.85. The van der Waals surface area contributed by atoms with Gasteiger partial charge in [0.05, 0.1) is 37.8 Å². The summed E-state index contributed by atoms with van der Waals surface area (Å²) in [6, 6.07) is 20.2. The third-order valence-electron chi connectivity index (χ3n) is 7.76. The maximum atomic E-state index is 10.3. The van der Waals surface area contributed by atoms with Crippen LogP contribution in [0.25, 0.3) is 11.1 Å². The minimum absolute atomic E-state index is 0.352. The van der Waals surface area contributed by atoms with Crippen LogP contribution in [0.5, 0.6) is 17.2 Å². The summed E-state index contributed by atoms with van der Waals surface area (Å²) in [6.07, 6.45) is -3.91. The van der Waals surface area contributed by atoms with E-state index >= 15 is 0 Å². The number of hydrogen-bond donors (Lipinski definition) is 4. The first-order chi connectivity index (χ1) is 20.8. The Morgan fingerprint density at radius 3 is 2.33 bits per heavy atom. The van der Waals surface area contributed by atoms with Crippen molar-refractivity contribution in [3.63, 3.8) is 0 Å². The zero-order chi connectivity index (χ0) is 30.5. The maximum Gasteiger partial charge on any atom is 0.180 e. The van der Waals surface area contributed by atoms with E-state index in [4.69, 9.17) is 18.9 Å². The fourth-order valence-electron chi connectivity index (χ4n) is 5.23. The van der Waals surface area contributed by atoms with Gasteiger partial charge in [-0.3, -0.25) is 0 Å². The van der Waals surface area contributed by atoms with Crippen molar-refractivity contribution in [2.45, 2.75) is 64.2 Å². The Labute approximate surface area is 250 Å². The molecule has 0 spiro atoms. The number of rotatable bonds is 11.